The quantitative estimate of drug-likeness (QED) is 0.364. The summed E-state index contributed by atoms with van der Waals surface area (Å²) >= 11 is 5.56. The van der Waals surface area contributed by atoms with Crippen LogP contribution in [0.3, 0.4) is 0 Å². The zero-order chi connectivity index (χ0) is 23.9. The molecule has 0 amide bonds. The lowest BCUT2D eigenvalue weighted by molar-refractivity contribution is 0.0357. The maximum absolute atomic E-state index is 6.05. The number of hydrogen-bond acceptors (Lipinski definition) is 7. The van der Waals surface area contributed by atoms with Crippen LogP contribution in [0.25, 0.3) is 10.9 Å². The zero-order valence-electron chi connectivity index (χ0n) is 19.9. The van der Waals surface area contributed by atoms with Gasteiger partial charge in [-0.25, -0.2) is 9.97 Å². The minimum absolute atomic E-state index is 0.458. The number of anilines is 2. The van der Waals surface area contributed by atoms with Gasteiger partial charge in [0.05, 0.1) is 32.4 Å². The van der Waals surface area contributed by atoms with E-state index in [2.05, 4.69) is 25.5 Å². The second-order valence-corrected chi connectivity index (χ2v) is 8.65. The predicted octanol–water partition coefficient (Wildman–Crippen LogP) is 4.17. The van der Waals surface area contributed by atoms with Gasteiger partial charge in [-0.05, 0) is 49.7 Å². The lowest BCUT2D eigenvalue weighted by Gasteiger charge is -2.26. The van der Waals surface area contributed by atoms with Crippen LogP contribution >= 0.6 is 12.2 Å². The Morgan fingerprint density at radius 2 is 1.85 bits per heavy atom. The van der Waals surface area contributed by atoms with E-state index in [9.17, 15) is 0 Å². The number of para-hydroxylation sites is 1. The van der Waals surface area contributed by atoms with Crippen molar-refractivity contribution in [2.75, 3.05) is 57.2 Å². The number of methoxy groups -OCH3 is 1. The summed E-state index contributed by atoms with van der Waals surface area (Å²) in [6.45, 7) is 9.24. The molecule has 2 heterocycles. The third-order valence-electron chi connectivity index (χ3n) is 5.85. The van der Waals surface area contributed by atoms with Crippen molar-refractivity contribution in [1.29, 1.82) is 0 Å². The van der Waals surface area contributed by atoms with Gasteiger partial charge in [-0.2, -0.15) is 0 Å². The number of aryl methyl sites for hydroxylation is 2. The lowest BCUT2D eigenvalue weighted by Crippen LogP contribution is -2.37. The van der Waals surface area contributed by atoms with Crippen molar-refractivity contribution >= 4 is 39.7 Å². The molecule has 1 aliphatic rings. The van der Waals surface area contributed by atoms with Crippen molar-refractivity contribution in [3.63, 3.8) is 0 Å². The van der Waals surface area contributed by atoms with Gasteiger partial charge >= 0.3 is 0 Å². The first-order valence-corrected chi connectivity index (χ1v) is 11.9. The highest BCUT2D eigenvalue weighted by Crippen LogP contribution is 2.34. The Hall–Kier alpha value is -3.01. The number of morpholine rings is 1. The summed E-state index contributed by atoms with van der Waals surface area (Å²) in [5, 5.41) is 7.74. The molecular formula is C25H31N5O3S. The lowest BCUT2D eigenvalue weighted by atomic mass is 10.1. The van der Waals surface area contributed by atoms with E-state index in [4.69, 9.17) is 26.4 Å². The second kappa shape index (κ2) is 11.4. The fourth-order valence-electron chi connectivity index (χ4n) is 3.99. The third kappa shape index (κ3) is 5.91. The summed E-state index contributed by atoms with van der Waals surface area (Å²) in [7, 11) is 1.63. The van der Waals surface area contributed by atoms with Crippen molar-refractivity contribution in [2.24, 2.45) is 0 Å². The summed E-state index contributed by atoms with van der Waals surface area (Å²) < 4.78 is 17.1. The average molecular weight is 482 g/mol. The van der Waals surface area contributed by atoms with Crippen molar-refractivity contribution in [3.8, 4) is 11.5 Å². The van der Waals surface area contributed by atoms with Crippen LogP contribution in [-0.4, -0.2) is 66.5 Å². The van der Waals surface area contributed by atoms with E-state index in [0.29, 0.717) is 29.0 Å². The highest BCUT2D eigenvalue weighted by Gasteiger charge is 2.14. The van der Waals surface area contributed by atoms with Crippen LogP contribution in [0.2, 0.25) is 0 Å². The Bertz CT molecular complexity index is 1130. The monoisotopic (exact) mass is 481 g/mol. The van der Waals surface area contributed by atoms with Gasteiger partial charge in [-0.1, -0.05) is 18.2 Å². The van der Waals surface area contributed by atoms with Gasteiger partial charge in [0, 0.05) is 36.8 Å². The van der Waals surface area contributed by atoms with Crippen molar-refractivity contribution < 1.29 is 14.2 Å². The molecule has 0 radical (unpaired) electrons. The first-order valence-electron chi connectivity index (χ1n) is 11.4. The maximum Gasteiger partial charge on any atom is 0.176 e. The molecule has 0 atom stereocenters. The van der Waals surface area contributed by atoms with Gasteiger partial charge in [0.15, 0.2) is 16.6 Å². The molecule has 0 spiro atoms. The minimum Gasteiger partial charge on any atom is -0.493 e. The Morgan fingerprint density at radius 1 is 1.09 bits per heavy atom. The minimum atomic E-state index is 0.458. The van der Waals surface area contributed by atoms with Gasteiger partial charge in [0.25, 0.3) is 0 Å². The molecule has 2 aromatic carbocycles. The summed E-state index contributed by atoms with van der Waals surface area (Å²) in [6, 6.07) is 9.89. The Labute approximate surface area is 205 Å². The fourth-order valence-corrected chi connectivity index (χ4v) is 4.19. The van der Waals surface area contributed by atoms with E-state index in [1.807, 2.05) is 44.2 Å². The summed E-state index contributed by atoms with van der Waals surface area (Å²) in [6.07, 6.45) is 2.44. The second-order valence-electron chi connectivity index (χ2n) is 8.24. The number of nitrogens with one attached hydrogen (secondary N) is 2. The van der Waals surface area contributed by atoms with Crippen molar-refractivity contribution in [1.82, 2.24) is 14.9 Å². The van der Waals surface area contributed by atoms with Gasteiger partial charge < -0.3 is 24.8 Å². The predicted molar refractivity (Wildman–Crippen MR) is 139 cm³/mol. The van der Waals surface area contributed by atoms with E-state index in [0.717, 1.165) is 67.0 Å². The maximum atomic E-state index is 6.05. The zero-order valence-corrected chi connectivity index (χ0v) is 20.7. The van der Waals surface area contributed by atoms with Crippen LogP contribution in [0.15, 0.2) is 36.7 Å². The molecule has 0 aliphatic carbocycles. The van der Waals surface area contributed by atoms with Gasteiger partial charge in [0.2, 0.25) is 0 Å². The number of benzene rings is 2. The number of aromatic nitrogens is 2. The average Bonchev–Trinajstić information content (AvgIpc) is 2.84. The number of rotatable bonds is 8. The third-order valence-corrected chi connectivity index (χ3v) is 6.06. The molecule has 0 saturated carbocycles. The number of nitrogens with zero attached hydrogens (tertiary/aromatic N) is 3. The van der Waals surface area contributed by atoms with E-state index < -0.39 is 0 Å². The number of fused-ring (bicyclic) bond motifs is 1. The Kier molecular flexibility index (Phi) is 8.10. The molecular weight excluding hydrogens is 450 g/mol. The molecule has 0 unspecified atom stereocenters. The van der Waals surface area contributed by atoms with Crippen LogP contribution in [0.4, 0.5) is 11.5 Å². The van der Waals surface area contributed by atoms with Crippen LogP contribution in [-0.2, 0) is 4.74 Å². The van der Waals surface area contributed by atoms with E-state index in [1.54, 1.807) is 7.11 Å². The first-order chi connectivity index (χ1) is 16.5. The van der Waals surface area contributed by atoms with Crippen molar-refractivity contribution in [3.05, 3.63) is 47.8 Å². The van der Waals surface area contributed by atoms with Crippen LogP contribution in [0.1, 0.15) is 17.5 Å². The summed E-state index contributed by atoms with van der Waals surface area (Å²) in [5.74, 6) is 1.90. The first kappa shape index (κ1) is 24.1. The highest BCUT2D eigenvalue weighted by atomic mass is 32.1. The van der Waals surface area contributed by atoms with Gasteiger partial charge in [-0.15, -0.1) is 0 Å². The Balaban J connectivity index is 1.45. The molecule has 3 aromatic rings. The van der Waals surface area contributed by atoms with E-state index in [-0.39, 0.29) is 0 Å². The smallest absolute Gasteiger partial charge is 0.176 e. The number of thiocarbonyl (C=S) groups is 1. The Morgan fingerprint density at radius 3 is 2.59 bits per heavy atom. The SMILES string of the molecule is COc1cc2c(NC(=S)Nc3c(C)cccc3C)ncnc2cc1OCCCN1CCOCC1. The molecule has 8 nitrogen and oxygen atoms in total. The molecule has 9 heteroatoms. The summed E-state index contributed by atoms with van der Waals surface area (Å²) in [5.41, 5.74) is 3.97. The molecule has 1 saturated heterocycles. The molecule has 34 heavy (non-hydrogen) atoms. The van der Waals surface area contributed by atoms with E-state index in [1.165, 1.54) is 6.33 Å². The van der Waals surface area contributed by atoms with Crippen LogP contribution in [0, 0.1) is 13.8 Å². The summed E-state index contributed by atoms with van der Waals surface area (Å²) in [4.78, 5) is 11.2. The van der Waals surface area contributed by atoms with Gasteiger partial charge in [-0.3, -0.25) is 4.90 Å². The molecule has 1 aliphatic heterocycles. The van der Waals surface area contributed by atoms with E-state index >= 15 is 0 Å². The number of hydrogen-bond donors (Lipinski definition) is 2. The van der Waals surface area contributed by atoms with Crippen LogP contribution in [0.5, 0.6) is 11.5 Å². The standard InChI is InChI=1S/C25H31N5O3S/c1-17-6-4-7-18(2)23(17)28-25(34)29-24-19-14-21(31-3)22(15-20(19)26-16-27-24)33-11-5-8-30-9-12-32-13-10-30/h4,6-7,14-16H,5,8-13H2,1-3H3,(H2,26,27,28,29,34). The molecule has 1 fully saturated rings. The highest BCUT2D eigenvalue weighted by molar-refractivity contribution is 7.80. The van der Waals surface area contributed by atoms with Crippen LogP contribution < -0.4 is 20.1 Å². The molecule has 4 rings (SSSR count). The topological polar surface area (TPSA) is 80.8 Å². The normalized spacial score (nSPS) is 14.1. The number of ether oxygens (including phenoxy) is 3. The molecule has 2 N–H and O–H groups in total. The molecule has 0 bridgehead atoms. The van der Waals surface area contributed by atoms with Crippen molar-refractivity contribution in [2.45, 2.75) is 20.3 Å². The fraction of sp³-hybridized carbons (Fsp3) is 0.400. The molecule has 180 valence electrons. The molecule has 1 aromatic heterocycles. The largest absolute Gasteiger partial charge is 0.493 e. The van der Waals surface area contributed by atoms with Gasteiger partial charge in [0.1, 0.15) is 12.1 Å².